The van der Waals surface area contributed by atoms with E-state index in [4.69, 9.17) is 9.72 Å². The fourth-order valence-electron chi connectivity index (χ4n) is 9.28. The molecule has 0 spiro atoms. The molecular weight excluding hydrogens is 988 g/mol. The third-order valence-electron chi connectivity index (χ3n) is 12.3. The predicted molar refractivity (Wildman–Crippen MR) is 251 cm³/mol. The van der Waals surface area contributed by atoms with Crippen LogP contribution in [0, 0.1) is 18.8 Å². The first-order chi connectivity index (χ1) is 29.1. The summed E-state index contributed by atoms with van der Waals surface area (Å²) in [6.45, 7) is 8.94. The van der Waals surface area contributed by atoms with Gasteiger partial charge in [-0.3, -0.25) is 0 Å². The topological polar surface area (TPSA) is 33.5 Å². The Bertz CT molecular complexity index is 3080. The molecule has 0 amide bonds. The Morgan fingerprint density at radius 2 is 1.25 bits per heavy atom. The van der Waals surface area contributed by atoms with Gasteiger partial charge in [0, 0.05) is 21.1 Å². The second-order valence-corrected chi connectivity index (χ2v) is 26.4. The third kappa shape index (κ3) is 6.44. The SMILES string of the molecule is CC(C)(C)c1ccnc(-n2c3[c-]c(Oc4[c-]c(N5[CH-]N(c6c(-c7ccccc7)cccc6-c6ccccc6)c6ccccc65)ccc4)c[c]4c3c3[c](cccc32)[Ge]4([CH3])[CH3])c1.[Pt]. The molecule has 2 aliphatic rings. The summed E-state index contributed by atoms with van der Waals surface area (Å²) in [5, 5.41) is 2.65. The largest absolute Gasteiger partial charge is 0 e. The summed E-state index contributed by atoms with van der Waals surface area (Å²) in [5.74, 6) is 7.21. The van der Waals surface area contributed by atoms with Crippen molar-refractivity contribution in [3.63, 3.8) is 0 Å². The van der Waals surface area contributed by atoms with E-state index in [0.29, 0.717) is 11.5 Å². The Morgan fingerprint density at radius 3 is 1.93 bits per heavy atom. The molecule has 4 heterocycles. The minimum atomic E-state index is -2.68. The van der Waals surface area contributed by atoms with Gasteiger partial charge in [-0.1, -0.05) is 78.9 Å². The molecule has 0 unspecified atom stereocenters. The van der Waals surface area contributed by atoms with Crippen molar-refractivity contribution < 1.29 is 25.8 Å². The van der Waals surface area contributed by atoms with E-state index < -0.39 is 13.3 Å². The number of para-hydroxylation sites is 3. The van der Waals surface area contributed by atoms with Crippen LogP contribution in [0.2, 0.25) is 11.5 Å². The number of benzene rings is 7. The molecule has 11 rings (SSSR count). The van der Waals surface area contributed by atoms with Gasteiger partial charge >= 0.3 is 266 Å². The molecule has 0 fully saturated rings. The van der Waals surface area contributed by atoms with Crippen molar-refractivity contribution in [1.82, 2.24) is 9.55 Å². The van der Waals surface area contributed by atoms with Crippen LogP contribution in [0.3, 0.4) is 0 Å². The normalized spacial score (nSPS) is 13.9. The maximum absolute atomic E-state index is 6.86. The number of anilines is 4. The minimum absolute atomic E-state index is 0. The fourth-order valence-corrected chi connectivity index (χ4v) is 15.7. The Morgan fingerprint density at radius 1 is 0.607 bits per heavy atom. The third-order valence-corrected chi connectivity index (χ3v) is 19.6. The predicted octanol–water partition coefficient (Wildman–Crippen LogP) is 12.7. The number of aromatic nitrogens is 2. The van der Waals surface area contributed by atoms with Crippen LogP contribution in [0.4, 0.5) is 22.7 Å². The molecule has 7 heteroatoms. The average molecular weight is 1030 g/mol. The van der Waals surface area contributed by atoms with Crippen LogP contribution >= 0.6 is 0 Å². The van der Waals surface area contributed by atoms with Gasteiger partial charge in [0.1, 0.15) is 0 Å². The van der Waals surface area contributed by atoms with Gasteiger partial charge in [0.2, 0.25) is 0 Å². The van der Waals surface area contributed by atoms with Gasteiger partial charge in [-0.2, -0.15) is 0 Å². The second kappa shape index (κ2) is 14.9. The van der Waals surface area contributed by atoms with Crippen LogP contribution in [0.5, 0.6) is 11.5 Å². The summed E-state index contributed by atoms with van der Waals surface area (Å²) in [5.41, 5.74) is 12.2. The number of hydrogen-bond acceptors (Lipinski definition) is 4. The van der Waals surface area contributed by atoms with E-state index in [1.807, 2.05) is 12.3 Å². The maximum Gasteiger partial charge on any atom is 0 e. The summed E-state index contributed by atoms with van der Waals surface area (Å²) in [6.07, 6.45) is 1.93. The molecular formula is C54H43GeN4OPt-3. The zero-order valence-corrected chi connectivity index (χ0v) is 39.0. The number of fused-ring (bicyclic) bond motifs is 1. The van der Waals surface area contributed by atoms with Crippen molar-refractivity contribution in [2.75, 3.05) is 9.80 Å². The zero-order valence-electron chi connectivity index (χ0n) is 34.7. The Labute approximate surface area is 374 Å². The summed E-state index contributed by atoms with van der Waals surface area (Å²) < 4.78 is 12.1. The molecule has 0 radical (unpaired) electrons. The van der Waals surface area contributed by atoms with E-state index in [-0.39, 0.29) is 26.5 Å². The van der Waals surface area contributed by atoms with E-state index in [1.54, 1.807) is 0 Å². The van der Waals surface area contributed by atoms with Crippen molar-refractivity contribution in [2.24, 2.45) is 0 Å². The number of hydrogen-bond donors (Lipinski definition) is 0. The summed E-state index contributed by atoms with van der Waals surface area (Å²) in [7, 11) is 0. The van der Waals surface area contributed by atoms with Crippen molar-refractivity contribution in [2.45, 2.75) is 37.7 Å². The van der Waals surface area contributed by atoms with E-state index in [9.17, 15) is 0 Å². The number of ether oxygens (including phenoxy) is 1. The van der Waals surface area contributed by atoms with Gasteiger partial charge < -0.3 is 0 Å². The van der Waals surface area contributed by atoms with Crippen molar-refractivity contribution >= 4 is 66.6 Å². The fraction of sp³-hybridized carbons (Fsp3) is 0.111. The van der Waals surface area contributed by atoms with E-state index in [1.165, 1.54) is 30.6 Å². The van der Waals surface area contributed by atoms with Crippen molar-refractivity contribution in [3.05, 3.63) is 188 Å². The summed E-state index contributed by atoms with van der Waals surface area (Å²) in [6, 6.07) is 63.5. The molecule has 0 aliphatic carbocycles. The smallest absolute Gasteiger partial charge is 0 e. The molecule has 9 aromatic rings. The van der Waals surface area contributed by atoms with Crippen LogP contribution in [-0.2, 0) is 26.5 Å². The second-order valence-electron chi connectivity index (χ2n) is 17.4. The molecule has 0 saturated carbocycles. The van der Waals surface area contributed by atoms with Crippen LogP contribution in [0.25, 0.3) is 49.9 Å². The molecule has 0 atom stereocenters. The number of nitrogens with zero attached hydrogens (tertiary/aromatic N) is 4. The molecule has 2 aromatic heterocycles. The molecule has 61 heavy (non-hydrogen) atoms. The molecule has 302 valence electrons. The molecule has 5 nitrogen and oxygen atoms in total. The quantitative estimate of drug-likeness (QED) is 0.118. The van der Waals surface area contributed by atoms with Crippen LogP contribution < -0.4 is 23.3 Å². The Kier molecular flexibility index (Phi) is 9.61. The standard InChI is InChI=1S/C54H43GeN4O.Pt/c1-54(2,3)38-29-30-56-50(31-38)59-48-28-16-25-44-51(48)52-45(55(44,4)5)33-41(34-49(52)59)60-40-22-14-21-39(32-40)57-35-58(47-27-13-12-26-46(47)57)53-42(36-17-8-6-9-18-36)23-15-24-43(53)37-19-10-7-11-20-37;/h6-31,33,35H,1-5H3;/q-3;. The zero-order chi connectivity index (χ0) is 40.8. The average Bonchev–Trinajstić information content (AvgIpc) is 3.90. The van der Waals surface area contributed by atoms with E-state index in [0.717, 1.165) is 56.3 Å². The van der Waals surface area contributed by atoms with Gasteiger partial charge in [0.15, 0.2) is 0 Å². The van der Waals surface area contributed by atoms with Crippen LogP contribution in [0.1, 0.15) is 26.3 Å². The summed E-state index contributed by atoms with van der Waals surface area (Å²) in [4.78, 5) is 9.49. The monoisotopic (exact) mass is 1030 g/mol. The van der Waals surface area contributed by atoms with Crippen LogP contribution in [-0.4, -0.2) is 22.8 Å². The number of pyridine rings is 1. The van der Waals surface area contributed by atoms with Gasteiger partial charge in [-0.15, -0.1) is 0 Å². The Balaban J connectivity index is 0.00000445. The van der Waals surface area contributed by atoms with Crippen molar-refractivity contribution in [3.8, 4) is 39.6 Å². The van der Waals surface area contributed by atoms with Gasteiger partial charge in [-0.05, 0) is 11.1 Å². The molecule has 0 N–H and O–H groups in total. The molecule has 0 saturated heterocycles. The van der Waals surface area contributed by atoms with Gasteiger partial charge in [-0.25, -0.2) is 0 Å². The Hall–Kier alpha value is -5.88. The molecule has 7 aromatic carbocycles. The first kappa shape index (κ1) is 39.3. The first-order valence-electron chi connectivity index (χ1n) is 20.6. The van der Waals surface area contributed by atoms with E-state index >= 15 is 0 Å². The van der Waals surface area contributed by atoms with Gasteiger partial charge in [0.05, 0.1) is 0 Å². The molecule has 0 bridgehead atoms. The number of rotatable bonds is 7. The van der Waals surface area contributed by atoms with Crippen molar-refractivity contribution in [1.29, 1.82) is 0 Å². The van der Waals surface area contributed by atoms with Gasteiger partial charge in [0.25, 0.3) is 0 Å². The summed E-state index contributed by atoms with van der Waals surface area (Å²) >= 11 is -2.68. The van der Waals surface area contributed by atoms with E-state index in [2.05, 4.69) is 217 Å². The minimum Gasteiger partial charge on any atom is 0 e. The first-order valence-corrected chi connectivity index (χ1v) is 26.9. The molecule has 2 aliphatic heterocycles. The maximum atomic E-state index is 6.86. The van der Waals surface area contributed by atoms with Crippen LogP contribution in [0.15, 0.2) is 164 Å².